The topological polar surface area (TPSA) is 45.7 Å². The summed E-state index contributed by atoms with van der Waals surface area (Å²) in [6.45, 7) is 11.6. The maximum absolute atomic E-state index is 5.28. The van der Waals surface area contributed by atoms with E-state index in [1.165, 1.54) is 25.7 Å². The van der Waals surface area contributed by atoms with Gasteiger partial charge in [-0.1, -0.05) is 26.2 Å². The van der Waals surface area contributed by atoms with Gasteiger partial charge in [0.25, 0.3) is 0 Å². The summed E-state index contributed by atoms with van der Waals surface area (Å²) in [7, 11) is 0. The van der Waals surface area contributed by atoms with Gasteiger partial charge in [0.2, 0.25) is 0 Å². The third-order valence-corrected chi connectivity index (χ3v) is 2.68. The zero-order valence-corrected chi connectivity index (χ0v) is 12.6. The summed E-state index contributed by atoms with van der Waals surface area (Å²) in [5.41, 5.74) is 0. The second-order valence-corrected chi connectivity index (χ2v) is 4.50. The van der Waals surface area contributed by atoms with Crippen LogP contribution >= 0.6 is 0 Å². The summed E-state index contributed by atoms with van der Waals surface area (Å²) in [5, 5.41) is 6.70. The van der Waals surface area contributed by atoms with E-state index in [-0.39, 0.29) is 0 Å². The number of ether oxygens (including phenoxy) is 1. The van der Waals surface area contributed by atoms with Crippen molar-refractivity contribution < 1.29 is 4.74 Å². The molecule has 4 nitrogen and oxygen atoms in total. The summed E-state index contributed by atoms with van der Waals surface area (Å²) in [6.07, 6.45) is 5.06. The molecule has 0 aliphatic rings. The Morgan fingerprint density at radius 3 is 2.61 bits per heavy atom. The largest absolute Gasteiger partial charge is 0.380 e. The highest BCUT2D eigenvalue weighted by Gasteiger charge is 2.04. The van der Waals surface area contributed by atoms with E-state index in [4.69, 9.17) is 4.74 Å². The van der Waals surface area contributed by atoms with E-state index in [9.17, 15) is 0 Å². The molecule has 0 spiro atoms. The van der Waals surface area contributed by atoms with Crippen LogP contribution in [-0.4, -0.2) is 38.3 Å². The van der Waals surface area contributed by atoms with Crippen LogP contribution in [0.15, 0.2) is 4.99 Å². The van der Waals surface area contributed by atoms with E-state index in [0.29, 0.717) is 19.2 Å². The smallest absolute Gasteiger partial charge is 0.191 e. The first kappa shape index (κ1) is 17.2. The monoisotopic (exact) mass is 257 g/mol. The Morgan fingerprint density at radius 2 is 2.00 bits per heavy atom. The van der Waals surface area contributed by atoms with Crippen LogP contribution in [0.25, 0.3) is 0 Å². The molecule has 0 radical (unpaired) electrons. The number of aliphatic imine (C=N–C) groups is 1. The fraction of sp³-hybridized carbons (Fsp3) is 0.929. The number of rotatable bonds is 10. The van der Waals surface area contributed by atoms with Gasteiger partial charge < -0.3 is 15.4 Å². The minimum atomic E-state index is 0.474. The molecule has 0 amide bonds. The van der Waals surface area contributed by atoms with Gasteiger partial charge in [0.15, 0.2) is 5.96 Å². The van der Waals surface area contributed by atoms with Crippen LogP contribution in [0.3, 0.4) is 0 Å². The van der Waals surface area contributed by atoms with Crippen molar-refractivity contribution in [1.82, 2.24) is 10.6 Å². The van der Waals surface area contributed by atoms with Crippen LogP contribution in [0.4, 0.5) is 0 Å². The maximum atomic E-state index is 5.28. The molecule has 108 valence electrons. The Bertz CT molecular complexity index is 207. The summed E-state index contributed by atoms with van der Waals surface area (Å²) in [4.78, 5) is 4.49. The lowest BCUT2D eigenvalue weighted by Gasteiger charge is -2.17. The van der Waals surface area contributed by atoms with Crippen LogP contribution in [-0.2, 0) is 4.74 Å². The lowest BCUT2D eigenvalue weighted by atomic mass is 10.1. The fourth-order valence-corrected chi connectivity index (χ4v) is 1.69. The zero-order chi connectivity index (χ0) is 13.6. The molecule has 0 rings (SSSR count). The highest BCUT2D eigenvalue weighted by atomic mass is 16.5. The van der Waals surface area contributed by atoms with E-state index in [2.05, 4.69) is 36.4 Å². The molecular weight excluding hydrogens is 226 g/mol. The molecule has 1 unspecified atom stereocenters. The van der Waals surface area contributed by atoms with Crippen molar-refractivity contribution in [2.45, 2.75) is 59.4 Å². The quantitative estimate of drug-likeness (QED) is 0.359. The molecule has 0 saturated carbocycles. The average Bonchev–Trinajstić information content (AvgIpc) is 2.35. The molecule has 4 heteroatoms. The Kier molecular flexibility index (Phi) is 12.1. The first-order valence-corrected chi connectivity index (χ1v) is 7.37. The van der Waals surface area contributed by atoms with Gasteiger partial charge in [0.05, 0.1) is 13.2 Å². The Morgan fingerprint density at radius 1 is 1.22 bits per heavy atom. The highest BCUT2D eigenvalue weighted by molar-refractivity contribution is 5.80. The van der Waals surface area contributed by atoms with E-state index in [0.717, 1.165) is 19.1 Å². The Balaban J connectivity index is 3.92. The number of nitrogens with zero attached hydrogens (tertiary/aromatic N) is 1. The van der Waals surface area contributed by atoms with E-state index >= 15 is 0 Å². The fourth-order valence-electron chi connectivity index (χ4n) is 1.69. The lowest BCUT2D eigenvalue weighted by Crippen LogP contribution is -2.42. The maximum Gasteiger partial charge on any atom is 0.191 e. The van der Waals surface area contributed by atoms with Gasteiger partial charge in [-0.3, -0.25) is 4.99 Å². The molecule has 1 atom stereocenters. The summed E-state index contributed by atoms with van der Waals surface area (Å²) in [6, 6.07) is 0.474. The third kappa shape index (κ3) is 10.4. The number of hydrogen-bond donors (Lipinski definition) is 2. The molecular formula is C14H31N3O. The SMILES string of the molecule is CCCCCC(C)NC(=NCCOCC)NCC. The summed E-state index contributed by atoms with van der Waals surface area (Å²) < 4.78 is 5.28. The van der Waals surface area contributed by atoms with Gasteiger partial charge in [0.1, 0.15) is 0 Å². The molecule has 0 aromatic carbocycles. The van der Waals surface area contributed by atoms with Crippen molar-refractivity contribution in [3.63, 3.8) is 0 Å². The lowest BCUT2D eigenvalue weighted by molar-refractivity contribution is 0.155. The molecule has 0 fully saturated rings. The van der Waals surface area contributed by atoms with Crippen molar-refractivity contribution >= 4 is 5.96 Å². The van der Waals surface area contributed by atoms with Gasteiger partial charge in [-0.15, -0.1) is 0 Å². The van der Waals surface area contributed by atoms with Crippen LogP contribution < -0.4 is 10.6 Å². The minimum Gasteiger partial charge on any atom is -0.380 e. The van der Waals surface area contributed by atoms with Crippen molar-refractivity contribution in [2.24, 2.45) is 4.99 Å². The minimum absolute atomic E-state index is 0.474. The molecule has 0 aromatic rings. The van der Waals surface area contributed by atoms with Crippen molar-refractivity contribution in [3.05, 3.63) is 0 Å². The van der Waals surface area contributed by atoms with Crippen molar-refractivity contribution in [3.8, 4) is 0 Å². The van der Waals surface area contributed by atoms with E-state index in [1.54, 1.807) is 0 Å². The molecule has 0 aliphatic heterocycles. The second-order valence-electron chi connectivity index (χ2n) is 4.50. The highest BCUT2D eigenvalue weighted by Crippen LogP contribution is 2.02. The standard InChI is InChI=1S/C14H31N3O/c1-5-8-9-10-13(4)17-14(15-6-2)16-11-12-18-7-3/h13H,5-12H2,1-4H3,(H2,15,16,17). The molecule has 0 aromatic heterocycles. The van der Waals surface area contributed by atoms with Gasteiger partial charge >= 0.3 is 0 Å². The van der Waals surface area contributed by atoms with Gasteiger partial charge in [-0.05, 0) is 27.2 Å². The predicted molar refractivity (Wildman–Crippen MR) is 79.2 cm³/mol. The summed E-state index contributed by atoms with van der Waals surface area (Å²) >= 11 is 0. The predicted octanol–water partition coefficient (Wildman–Crippen LogP) is 2.55. The van der Waals surface area contributed by atoms with E-state index < -0.39 is 0 Å². The molecule has 0 saturated heterocycles. The Labute approximate surface area is 113 Å². The van der Waals surface area contributed by atoms with E-state index in [1.807, 2.05) is 6.92 Å². The van der Waals surface area contributed by atoms with Gasteiger partial charge in [-0.25, -0.2) is 0 Å². The number of unbranched alkanes of at least 4 members (excludes halogenated alkanes) is 2. The van der Waals surface area contributed by atoms with Gasteiger partial charge in [-0.2, -0.15) is 0 Å². The molecule has 0 bridgehead atoms. The number of guanidine groups is 1. The summed E-state index contributed by atoms with van der Waals surface area (Å²) in [5.74, 6) is 0.904. The molecule has 2 N–H and O–H groups in total. The number of nitrogens with one attached hydrogen (secondary N) is 2. The van der Waals surface area contributed by atoms with Crippen molar-refractivity contribution in [1.29, 1.82) is 0 Å². The average molecular weight is 257 g/mol. The van der Waals surface area contributed by atoms with Crippen molar-refractivity contribution in [2.75, 3.05) is 26.3 Å². The third-order valence-electron chi connectivity index (χ3n) is 2.68. The Hall–Kier alpha value is -0.770. The first-order valence-electron chi connectivity index (χ1n) is 7.37. The second kappa shape index (κ2) is 12.7. The van der Waals surface area contributed by atoms with Crippen LogP contribution in [0, 0.1) is 0 Å². The molecule has 18 heavy (non-hydrogen) atoms. The van der Waals surface area contributed by atoms with Gasteiger partial charge in [0, 0.05) is 19.2 Å². The van der Waals surface area contributed by atoms with Crippen LogP contribution in [0.5, 0.6) is 0 Å². The number of hydrogen-bond acceptors (Lipinski definition) is 2. The normalized spacial score (nSPS) is 13.4. The molecule has 0 heterocycles. The molecule has 0 aliphatic carbocycles. The van der Waals surface area contributed by atoms with Crippen LogP contribution in [0.2, 0.25) is 0 Å². The first-order chi connectivity index (χ1) is 8.74. The zero-order valence-electron chi connectivity index (χ0n) is 12.6. The van der Waals surface area contributed by atoms with Crippen LogP contribution in [0.1, 0.15) is 53.4 Å².